The van der Waals surface area contributed by atoms with E-state index in [1.807, 2.05) is 24.3 Å². The van der Waals surface area contributed by atoms with Gasteiger partial charge in [-0.05, 0) is 36.4 Å². The van der Waals surface area contributed by atoms with Crippen molar-refractivity contribution >= 4 is 23.6 Å². The monoisotopic (exact) mass is 316 g/mol. The minimum atomic E-state index is 0.464. The van der Waals surface area contributed by atoms with Crippen molar-refractivity contribution in [2.45, 2.75) is 0 Å². The minimum absolute atomic E-state index is 0.464. The molecule has 6 heteroatoms. The van der Waals surface area contributed by atoms with Crippen LogP contribution in [0.25, 0.3) is 33.8 Å². The maximum atomic E-state index is 10.9. The van der Waals surface area contributed by atoms with Crippen LogP contribution in [0.1, 0.15) is 21.0 Å². The highest BCUT2D eigenvalue weighted by molar-refractivity contribution is 5.86. The Hall–Kier alpha value is -3.54. The van der Waals surface area contributed by atoms with Crippen molar-refractivity contribution in [2.24, 2.45) is 0 Å². The molecule has 3 heterocycles. The van der Waals surface area contributed by atoms with Crippen LogP contribution in [0.3, 0.4) is 0 Å². The summed E-state index contributed by atoms with van der Waals surface area (Å²) in [6.07, 6.45) is 1.49. The summed E-state index contributed by atoms with van der Waals surface area (Å²) in [5.74, 6) is 0. The van der Waals surface area contributed by atoms with E-state index in [1.54, 1.807) is 24.3 Å². The molecule has 0 saturated carbocycles. The Labute approximate surface area is 136 Å². The second-order valence-corrected chi connectivity index (χ2v) is 5.30. The number of rotatable bonds is 4. The number of aromatic amines is 2. The van der Waals surface area contributed by atoms with E-state index in [9.17, 15) is 9.59 Å². The van der Waals surface area contributed by atoms with E-state index in [0.717, 1.165) is 23.6 Å². The van der Waals surface area contributed by atoms with Gasteiger partial charge < -0.3 is 9.97 Å². The van der Waals surface area contributed by atoms with Gasteiger partial charge >= 0.3 is 0 Å². The first-order valence-corrected chi connectivity index (χ1v) is 7.34. The van der Waals surface area contributed by atoms with Crippen molar-refractivity contribution in [3.8, 4) is 22.8 Å². The number of H-pyrrole nitrogens is 2. The molecule has 0 unspecified atom stereocenters. The summed E-state index contributed by atoms with van der Waals surface area (Å²) < 4.78 is 0. The van der Waals surface area contributed by atoms with Gasteiger partial charge in [0.15, 0.2) is 12.6 Å². The van der Waals surface area contributed by atoms with E-state index in [4.69, 9.17) is 0 Å². The number of hydrogen-bond donors (Lipinski definition) is 2. The third-order valence-electron chi connectivity index (χ3n) is 3.75. The first-order valence-electron chi connectivity index (χ1n) is 7.34. The fourth-order valence-corrected chi connectivity index (χ4v) is 2.61. The Morgan fingerprint density at radius 2 is 1.12 bits per heavy atom. The number of nitrogens with one attached hydrogen (secondary N) is 2. The molecule has 4 aromatic rings. The number of aldehydes is 2. The maximum Gasteiger partial charge on any atom is 0.166 e. The molecular formula is C18H12N4O2. The average molecular weight is 316 g/mol. The van der Waals surface area contributed by atoms with Gasteiger partial charge in [-0.3, -0.25) is 9.59 Å². The Balaban J connectivity index is 1.99. The Morgan fingerprint density at radius 1 is 0.667 bits per heavy atom. The van der Waals surface area contributed by atoms with Crippen molar-refractivity contribution in [3.05, 3.63) is 59.9 Å². The molecule has 3 aromatic heterocycles. The third kappa shape index (κ3) is 2.30. The van der Waals surface area contributed by atoms with Crippen molar-refractivity contribution in [1.82, 2.24) is 19.9 Å². The van der Waals surface area contributed by atoms with Crippen LogP contribution in [-0.2, 0) is 0 Å². The molecule has 24 heavy (non-hydrogen) atoms. The SMILES string of the molecule is O=Cc1ccc(-c2nc3ccccc3nc2-c2ccc(C=O)[nH]2)[nH]1. The number of fused-ring (bicyclic) bond motifs is 1. The Bertz CT molecular complexity index is 977. The third-order valence-corrected chi connectivity index (χ3v) is 3.75. The number of carbonyl (C=O) groups excluding carboxylic acids is 2. The van der Waals surface area contributed by atoms with Gasteiger partial charge in [-0.25, -0.2) is 9.97 Å². The molecule has 0 saturated heterocycles. The van der Waals surface area contributed by atoms with Crippen LogP contribution in [0, 0.1) is 0 Å². The highest BCUT2D eigenvalue weighted by Gasteiger charge is 2.15. The molecule has 116 valence electrons. The quantitative estimate of drug-likeness (QED) is 0.565. The molecule has 0 bridgehead atoms. The zero-order chi connectivity index (χ0) is 16.5. The van der Waals surface area contributed by atoms with E-state index in [-0.39, 0.29) is 0 Å². The molecule has 0 atom stereocenters. The molecule has 1 aromatic carbocycles. The van der Waals surface area contributed by atoms with Crippen molar-refractivity contribution in [3.63, 3.8) is 0 Å². The van der Waals surface area contributed by atoms with Crippen molar-refractivity contribution in [1.29, 1.82) is 0 Å². The van der Waals surface area contributed by atoms with Crippen LogP contribution in [0.4, 0.5) is 0 Å². The van der Waals surface area contributed by atoms with Crippen molar-refractivity contribution in [2.75, 3.05) is 0 Å². The van der Waals surface area contributed by atoms with E-state index < -0.39 is 0 Å². The molecule has 0 spiro atoms. The number of benzene rings is 1. The Morgan fingerprint density at radius 3 is 1.50 bits per heavy atom. The van der Waals surface area contributed by atoms with E-state index in [0.29, 0.717) is 34.2 Å². The summed E-state index contributed by atoms with van der Waals surface area (Å²) in [7, 11) is 0. The van der Waals surface area contributed by atoms with Gasteiger partial charge in [-0.15, -0.1) is 0 Å². The van der Waals surface area contributed by atoms with Crippen LogP contribution in [0.15, 0.2) is 48.5 Å². The number of carbonyl (C=O) groups is 2. The highest BCUT2D eigenvalue weighted by Crippen LogP contribution is 2.29. The number of aromatic nitrogens is 4. The summed E-state index contributed by atoms with van der Waals surface area (Å²) in [6.45, 7) is 0. The highest BCUT2D eigenvalue weighted by atomic mass is 16.1. The van der Waals surface area contributed by atoms with Crippen LogP contribution in [-0.4, -0.2) is 32.5 Å². The zero-order valence-electron chi connectivity index (χ0n) is 12.5. The van der Waals surface area contributed by atoms with E-state index in [1.165, 1.54) is 0 Å². The van der Waals surface area contributed by atoms with Crippen LogP contribution < -0.4 is 0 Å². The number of nitrogens with zero attached hydrogens (tertiary/aromatic N) is 2. The van der Waals surface area contributed by atoms with E-state index >= 15 is 0 Å². The minimum Gasteiger partial charge on any atom is -0.351 e. The Kier molecular flexibility index (Phi) is 3.28. The predicted molar refractivity (Wildman–Crippen MR) is 89.9 cm³/mol. The fourth-order valence-electron chi connectivity index (χ4n) is 2.61. The second-order valence-electron chi connectivity index (χ2n) is 5.30. The molecular weight excluding hydrogens is 304 g/mol. The van der Waals surface area contributed by atoms with Crippen molar-refractivity contribution < 1.29 is 9.59 Å². The number of hydrogen-bond acceptors (Lipinski definition) is 4. The lowest BCUT2D eigenvalue weighted by atomic mass is 10.1. The number of para-hydroxylation sites is 2. The molecule has 0 aliphatic carbocycles. The van der Waals surface area contributed by atoms with Gasteiger partial charge in [-0.2, -0.15) is 0 Å². The van der Waals surface area contributed by atoms with Gasteiger partial charge in [0.2, 0.25) is 0 Å². The largest absolute Gasteiger partial charge is 0.351 e. The lowest BCUT2D eigenvalue weighted by molar-refractivity contribution is 0.111. The topological polar surface area (TPSA) is 91.5 Å². The van der Waals surface area contributed by atoms with Gasteiger partial charge in [0.1, 0.15) is 11.4 Å². The summed E-state index contributed by atoms with van der Waals surface area (Å²) in [5, 5.41) is 0. The lowest BCUT2D eigenvalue weighted by Crippen LogP contribution is -1.96. The van der Waals surface area contributed by atoms with Crippen LogP contribution >= 0.6 is 0 Å². The van der Waals surface area contributed by atoms with E-state index in [2.05, 4.69) is 19.9 Å². The molecule has 0 radical (unpaired) electrons. The fraction of sp³-hybridized carbons (Fsp3) is 0. The first-order chi connectivity index (χ1) is 11.8. The van der Waals surface area contributed by atoms with Crippen LogP contribution in [0.2, 0.25) is 0 Å². The molecule has 6 nitrogen and oxygen atoms in total. The standard InChI is InChI=1S/C18H12N4O2/c23-9-11-5-7-15(19-11)17-18(16-8-6-12(10-24)20-16)22-14-4-2-1-3-13(14)21-17/h1-10,19-20H. The molecule has 0 amide bonds. The summed E-state index contributed by atoms with van der Waals surface area (Å²) in [5.41, 5.74) is 5.03. The lowest BCUT2D eigenvalue weighted by Gasteiger charge is -2.07. The second kappa shape index (κ2) is 5.58. The molecule has 4 rings (SSSR count). The summed E-state index contributed by atoms with van der Waals surface area (Å²) >= 11 is 0. The molecule has 0 aliphatic rings. The van der Waals surface area contributed by atoms with Gasteiger partial charge in [0, 0.05) is 0 Å². The first kappa shape index (κ1) is 14.1. The van der Waals surface area contributed by atoms with Gasteiger partial charge in [0.05, 0.1) is 33.8 Å². The summed E-state index contributed by atoms with van der Waals surface area (Å²) in [4.78, 5) is 37.3. The average Bonchev–Trinajstić information content (AvgIpc) is 3.29. The van der Waals surface area contributed by atoms with Crippen LogP contribution in [0.5, 0.6) is 0 Å². The normalized spacial score (nSPS) is 10.8. The zero-order valence-corrected chi connectivity index (χ0v) is 12.5. The predicted octanol–water partition coefficient (Wildman–Crippen LogP) is 3.25. The molecule has 2 N–H and O–H groups in total. The summed E-state index contributed by atoms with van der Waals surface area (Å²) in [6, 6.07) is 14.5. The smallest absolute Gasteiger partial charge is 0.166 e. The molecule has 0 fully saturated rings. The maximum absolute atomic E-state index is 10.9. The van der Waals surface area contributed by atoms with Gasteiger partial charge in [-0.1, -0.05) is 12.1 Å². The molecule has 0 aliphatic heterocycles. The van der Waals surface area contributed by atoms with Gasteiger partial charge in [0.25, 0.3) is 0 Å².